The van der Waals surface area contributed by atoms with Gasteiger partial charge in [-0.2, -0.15) is 0 Å². The smallest absolute Gasteiger partial charge is 0.330 e. The molecule has 2 fully saturated rings. The molecule has 1 N–H and O–H groups in total. The highest BCUT2D eigenvalue weighted by Crippen LogP contribution is 2.42. The molecule has 1 aliphatic carbocycles. The average molecular weight is 184 g/mol. The Morgan fingerprint density at radius 3 is 3.08 bits per heavy atom. The normalized spacial score (nSPS) is 38.9. The Labute approximate surface area is 76.1 Å². The largest absolute Gasteiger partial charge is 0.463 e. The van der Waals surface area contributed by atoms with Gasteiger partial charge in [0.05, 0.1) is 12.7 Å². The van der Waals surface area contributed by atoms with Gasteiger partial charge in [0.1, 0.15) is 12.2 Å². The second-order valence-corrected chi connectivity index (χ2v) is 3.26. The van der Waals surface area contributed by atoms with Gasteiger partial charge in [-0.3, -0.25) is 0 Å². The fraction of sp³-hybridized carbons (Fsp3) is 0.667. The number of aliphatic hydroxyl groups is 1. The lowest BCUT2D eigenvalue weighted by Gasteiger charge is -2.02. The lowest BCUT2D eigenvalue weighted by Crippen LogP contribution is -2.09. The molecule has 0 unspecified atom stereocenters. The van der Waals surface area contributed by atoms with E-state index in [4.69, 9.17) is 9.47 Å². The van der Waals surface area contributed by atoms with Crippen LogP contribution in [0.4, 0.5) is 0 Å². The van der Waals surface area contributed by atoms with Crippen LogP contribution in [0, 0.1) is 0 Å². The molecular weight excluding hydrogens is 172 g/mol. The van der Waals surface area contributed by atoms with Crippen molar-refractivity contribution >= 4 is 5.97 Å². The Morgan fingerprint density at radius 2 is 2.62 bits per heavy atom. The lowest BCUT2D eigenvalue weighted by molar-refractivity contribution is -0.137. The number of hydrogen-bond donors (Lipinski definition) is 1. The topological polar surface area (TPSA) is 59.1 Å². The molecule has 2 rings (SSSR count). The van der Waals surface area contributed by atoms with Gasteiger partial charge in [-0.1, -0.05) is 0 Å². The van der Waals surface area contributed by atoms with E-state index < -0.39 is 6.10 Å². The van der Waals surface area contributed by atoms with E-state index in [2.05, 4.69) is 0 Å². The summed E-state index contributed by atoms with van der Waals surface area (Å²) in [6, 6.07) is 0. The molecule has 0 aromatic carbocycles. The van der Waals surface area contributed by atoms with E-state index in [9.17, 15) is 9.90 Å². The van der Waals surface area contributed by atoms with Crippen LogP contribution in [0.2, 0.25) is 0 Å². The minimum Gasteiger partial charge on any atom is -0.463 e. The summed E-state index contributed by atoms with van der Waals surface area (Å²) in [4.78, 5) is 11.0. The molecule has 0 radical (unpaired) electrons. The summed E-state index contributed by atoms with van der Waals surface area (Å²) >= 11 is 0. The minimum atomic E-state index is -0.439. The third-order valence-corrected chi connectivity index (χ3v) is 2.30. The van der Waals surface area contributed by atoms with Crippen molar-refractivity contribution in [3.05, 3.63) is 11.6 Å². The number of carbonyl (C=O) groups excluding carboxylic acids is 1. The molecule has 3 atom stereocenters. The lowest BCUT2D eigenvalue weighted by atomic mass is 10.2. The maximum absolute atomic E-state index is 11.0. The van der Waals surface area contributed by atoms with Crippen LogP contribution < -0.4 is 0 Å². The second-order valence-electron chi connectivity index (χ2n) is 3.26. The van der Waals surface area contributed by atoms with Gasteiger partial charge in [-0.05, 0) is 12.5 Å². The summed E-state index contributed by atoms with van der Waals surface area (Å²) in [6.07, 6.45) is 1.43. The van der Waals surface area contributed by atoms with Crippen LogP contribution in [-0.4, -0.2) is 36.0 Å². The predicted molar refractivity (Wildman–Crippen MR) is 44.0 cm³/mol. The minimum absolute atomic E-state index is 0.0283. The monoisotopic (exact) mass is 184 g/mol. The maximum Gasteiger partial charge on any atom is 0.330 e. The van der Waals surface area contributed by atoms with Gasteiger partial charge in [-0.25, -0.2) is 4.79 Å². The Morgan fingerprint density at radius 1 is 1.85 bits per heavy atom. The van der Waals surface area contributed by atoms with Crippen LogP contribution in [0.3, 0.4) is 0 Å². The maximum atomic E-state index is 11.0. The van der Waals surface area contributed by atoms with Crippen molar-refractivity contribution in [1.82, 2.24) is 0 Å². The molecule has 0 amide bonds. The quantitative estimate of drug-likeness (QED) is 0.373. The van der Waals surface area contributed by atoms with Crippen LogP contribution in [0.15, 0.2) is 11.6 Å². The zero-order valence-corrected chi connectivity index (χ0v) is 7.40. The fourth-order valence-electron chi connectivity index (χ4n) is 1.66. The first-order valence-electron chi connectivity index (χ1n) is 4.43. The number of rotatable bonds is 2. The fourth-order valence-corrected chi connectivity index (χ4v) is 1.66. The van der Waals surface area contributed by atoms with E-state index in [-0.39, 0.29) is 18.2 Å². The summed E-state index contributed by atoms with van der Waals surface area (Å²) in [5.41, 5.74) is 0.857. The van der Waals surface area contributed by atoms with Crippen LogP contribution in [0.1, 0.15) is 13.3 Å². The molecule has 4 heteroatoms. The van der Waals surface area contributed by atoms with Crippen molar-refractivity contribution in [3.63, 3.8) is 0 Å². The third kappa shape index (κ3) is 1.59. The summed E-state index contributed by atoms with van der Waals surface area (Å²) < 4.78 is 9.88. The highest BCUT2D eigenvalue weighted by atomic mass is 16.6. The van der Waals surface area contributed by atoms with Gasteiger partial charge in [0.15, 0.2) is 0 Å². The summed E-state index contributed by atoms with van der Waals surface area (Å²) in [5.74, 6) is -0.346. The predicted octanol–water partition coefficient (Wildman–Crippen LogP) is 0.00790. The number of esters is 1. The number of fused-ring (bicyclic) bond motifs is 1. The van der Waals surface area contributed by atoms with Crippen LogP contribution in [0.25, 0.3) is 0 Å². The molecule has 0 spiro atoms. The number of epoxide rings is 1. The van der Waals surface area contributed by atoms with Crippen LogP contribution >= 0.6 is 0 Å². The van der Waals surface area contributed by atoms with E-state index >= 15 is 0 Å². The van der Waals surface area contributed by atoms with Crippen molar-refractivity contribution in [2.24, 2.45) is 0 Å². The molecule has 13 heavy (non-hydrogen) atoms. The highest BCUT2D eigenvalue weighted by Gasteiger charge is 2.53. The first-order valence-corrected chi connectivity index (χ1v) is 4.43. The van der Waals surface area contributed by atoms with Crippen LogP contribution in [-0.2, 0) is 14.3 Å². The van der Waals surface area contributed by atoms with Gasteiger partial charge in [-0.15, -0.1) is 0 Å². The van der Waals surface area contributed by atoms with E-state index in [1.807, 2.05) is 0 Å². The van der Waals surface area contributed by atoms with Crippen molar-refractivity contribution in [2.45, 2.75) is 31.7 Å². The third-order valence-electron chi connectivity index (χ3n) is 2.30. The Hall–Kier alpha value is -0.870. The molecule has 0 bridgehead atoms. The van der Waals surface area contributed by atoms with E-state index in [0.717, 1.165) is 5.57 Å². The molecule has 1 saturated carbocycles. The Kier molecular flexibility index (Phi) is 2.09. The molecule has 0 aromatic heterocycles. The second kappa shape index (κ2) is 3.12. The summed E-state index contributed by atoms with van der Waals surface area (Å²) in [7, 11) is 0. The molecule has 4 nitrogen and oxygen atoms in total. The Bertz CT molecular complexity index is 258. The molecule has 1 heterocycles. The zero-order chi connectivity index (χ0) is 9.42. The highest BCUT2D eigenvalue weighted by molar-refractivity contribution is 5.83. The molecule has 2 aliphatic rings. The van der Waals surface area contributed by atoms with E-state index in [1.54, 1.807) is 6.92 Å². The Balaban J connectivity index is 1.97. The molecule has 1 aliphatic heterocycles. The van der Waals surface area contributed by atoms with Crippen molar-refractivity contribution < 1.29 is 19.4 Å². The van der Waals surface area contributed by atoms with Gasteiger partial charge < -0.3 is 14.6 Å². The van der Waals surface area contributed by atoms with E-state index in [0.29, 0.717) is 13.0 Å². The molecular formula is C9H12O4. The van der Waals surface area contributed by atoms with E-state index in [1.165, 1.54) is 6.08 Å². The standard InChI is InChI=1S/C9H12O4/c1-2-12-7(11)4-5-3-6(10)9-8(5)13-9/h4,6,8-10H,2-3H2,1H3/b5-4+/t6-,8+,9-/m1/s1. The van der Waals surface area contributed by atoms with Gasteiger partial charge in [0, 0.05) is 12.5 Å². The van der Waals surface area contributed by atoms with Crippen LogP contribution in [0.5, 0.6) is 0 Å². The molecule has 72 valence electrons. The van der Waals surface area contributed by atoms with Crippen molar-refractivity contribution in [3.8, 4) is 0 Å². The first kappa shape index (κ1) is 8.72. The first-order chi connectivity index (χ1) is 6.22. The number of carbonyl (C=O) groups is 1. The molecule has 1 saturated heterocycles. The van der Waals surface area contributed by atoms with Gasteiger partial charge in [0.25, 0.3) is 0 Å². The zero-order valence-electron chi connectivity index (χ0n) is 7.40. The number of ether oxygens (including phenoxy) is 2. The number of aliphatic hydroxyl groups excluding tert-OH is 1. The van der Waals surface area contributed by atoms with Crippen molar-refractivity contribution in [1.29, 1.82) is 0 Å². The van der Waals surface area contributed by atoms with Gasteiger partial charge >= 0.3 is 5.97 Å². The molecule has 0 aromatic rings. The number of hydrogen-bond acceptors (Lipinski definition) is 4. The summed E-state index contributed by atoms with van der Waals surface area (Å²) in [5, 5.41) is 9.33. The summed E-state index contributed by atoms with van der Waals surface area (Å²) in [6.45, 7) is 2.14. The SMILES string of the molecule is CCOC(=O)/C=C1\C[C@@H](O)[C@H]2O[C@@H]12. The van der Waals surface area contributed by atoms with Crippen molar-refractivity contribution in [2.75, 3.05) is 6.61 Å². The average Bonchev–Trinajstić information content (AvgIpc) is 2.76. The van der Waals surface area contributed by atoms with Gasteiger partial charge in [0.2, 0.25) is 0 Å².